The van der Waals surface area contributed by atoms with Crippen LogP contribution in [0.2, 0.25) is 0 Å². The molecule has 1 rings (SSSR count). The number of halogens is 3. The Kier molecular flexibility index (Phi) is 8.98. The van der Waals surface area contributed by atoms with Crippen molar-refractivity contribution >= 4 is 40.5 Å². The second kappa shape index (κ2) is 10.4. The van der Waals surface area contributed by atoms with Crippen LogP contribution in [0.15, 0.2) is 22.7 Å². The summed E-state index contributed by atoms with van der Waals surface area (Å²) in [6.07, 6.45) is 2.39. The van der Waals surface area contributed by atoms with Gasteiger partial charge in [-0.3, -0.25) is 4.99 Å². The second-order valence-corrected chi connectivity index (χ2v) is 6.29. The Balaban J connectivity index is 3.38. The third-order valence-corrected chi connectivity index (χ3v) is 4.09. The molecule has 0 saturated carbocycles. The van der Waals surface area contributed by atoms with Crippen molar-refractivity contribution in [2.75, 3.05) is 13.2 Å². The standard InChI is InChI=1S/C17H20F2INO4/c1-3-5-10(9-22)21-8-12(17(24)25-4-2)16(23)11-6-15(20)14(19)7-13(11)18/h6-8,10,22-23H,3-5,9H2,1-2H3. The van der Waals surface area contributed by atoms with Gasteiger partial charge in [0.15, 0.2) is 0 Å². The number of hydrogen-bond donors (Lipinski definition) is 2. The van der Waals surface area contributed by atoms with E-state index in [1.54, 1.807) is 29.5 Å². The zero-order valence-electron chi connectivity index (χ0n) is 13.9. The van der Waals surface area contributed by atoms with Crippen LogP contribution in [0.4, 0.5) is 8.78 Å². The maximum absolute atomic E-state index is 14.0. The fraction of sp³-hybridized carbons (Fsp3) is 0.412. The van der Waals surface area contributed by atoms with Gasteiger partial charge in [-0.15, -0.1) is 0 Å². The molecule has 0 bridgehead atoms. The van der Waals surface area contributed by atoms with Gasteiger partial charge in [-0.25, -0.2) is 13.6 Å². The number of benzene rings is 1. The lowest BCUT2D eigenvalue weighted by Gasteiger charge is -2.10. The van der Waals surface area contributed by atoms with E-state index >= 15 is 0 Å². The minimum Gasteiger partial charge on any atom is -0.506 e. The number of hydrogen-bond acceptors (Lipinski definition) is 5. The molecule has 0 amide bonds. The quantitative estimate of drug-likeness (QED) is 0.153. The number of aliphatic hydroxyl groups is 2. The van der Waals surface area contributed by atoms with E-state index in [-0.39, 0.29) is 27.9 Å². The van der Waals surface area contributed by atoms with Crippen LogP contribution in [0.3, 0.4) is 0 Å². The van der Waals surface area contributed by atoms with Gasteiger partial charge in [-0.1, -0.05) is 13.3 Å². The first-order valence-corrected chi connectivity index (χ1v) is 8.82. The molecule has 0 aliphatic heterocycles. The summed E-state index contributed by atoms with van der Waals surface area (Å²) in [5, 5.41) is 19.6. The average molecular weight is 467 g/mol. The summed E-state index contributed by atoms with van der Waals surface area (Å²) in [6, 6.07) is 1.25. The molecule has 1 aromatic rings. The summed E-state index contributed by atoms with van der Waals surface area (Å²) in [6.45, 7) is 3.31. The zero-order chi connectivity index (χ0) is 19.0. The van der Waals surface area contributed by atoms with E-state index in [9.17, 15) is 23.8 Å². The number of carbonyl (C=O) groups excluding carboxylic acids is 1. The Morgan fingerprint density at radius 2 is 2.04 bits per heavy atom. The molecule has 0 heterocycles. The van der Waals surface area contributed by atoms with Gasteiger partial charge in [0.1, 0.15) is 23.0 Å². The number of rotatable bonds is 8. The van der Waals surface area contributed by atoms with E-state index in [1.807, 2.05) is 6.92 Å². The van der Waals surface area contributed by atoms with Crippen molar-refractivity contribution in [1.29, 1.82) is 0 Å². The molecule has 0 radical (unpaired) electrons. The second-order valence-electron chi connectivity index (χ2n) is 5.13. The largest absolute Gasteiger partial charge is 0.506 e. The highest BCUT2D eigenvalue weighted by Crippen LogP contribution is 2.24. The maximum atomic E-state index is 14.0. The molecule has 0 spiro atoms. The summed E-state index contributed by atoms with van der Waals surface area (Å²) >= 11 is 1.65. The van der Waals surface area contributed by atoms with E-state index in [1.165, 1.54) is 0 Å². The van der Waals surface area contributed by atoms with Crippen LogP contribution in [0.1, 0.15) is 32.3 Å². The van der Waals surface area contributed by atoms with Crippen molar-refractivity contribution in [3.63, 3.8) is 0 Å². The minimum atomic E-state index is -1.02. The first-order chi connectivity index (χ1) is 11.8. The Morgan fingerprint density at radius 1 is 1.36 bits per heavy atom. The number of aliphatic imine (C=N–C) groups is 1. The van der Waals surface area contributed by atoms with Gasteiger partial charge in [-0.05, 0) is 42.0 Å². The lowest BCUT2D eigenvalue weighted by molar-refractivity contribution is -0.137. The topological polar surface area (TPSA) is 79.1 Å². The van der Waals surface area contributed by atoms with Gasteiger partial charge in [0.25, 0.3) is 0 Å². The predicted octanol–water partition coefficient (Wildman–Crippen LogP) is 3.63. The van der Waals surface area contributed by atoms with Gasteiger partial charge in [0.05, 0.1) is 24.8 Å². The minimum absolute atomic E-state index is 0.0469. The van der Waals surface area contributed by atoms with Gasteiger partial charge >= 0.3 is 5.97 Å². The molecular formula is C17H20F2INO4. The predicted molar refractivity (Wildman–Crippen MR) is 99.5 cm³/mol. The van der Waals surface area contributed by atoms with Crippen LogP contribution in [-0.4, -0.2) is 41.7 Å². The van der Waals surface area contributed by atoms with Crippen LogP contribution >= 0.6 is 22.6 Å². The number of aliphatic hydroxyl groups excluding tert-OH is 2. The van der Waals surface area contributed by atoms with Crippen molar-refractivity contribution in [2.24, 2.45) is 4.99 Å². The normalized spacial score (nSPS) is 13.7. The van der Waals surface area contributed by atoms with E-state index in [2.05, 4.69) is 4.99 Å². The van der Waals surface area contributed by atoms with E-state index in [4.69, 9.17) is 4.74 Å². The third-order valence-electron chi connectivity index (χ3n) is 3.26. The molecule has 0 aliphatic carbocycles. The molecule has 2 N–H and O–H groups in total. The van der Waals surface area contributed by atoms with E-state index in [0.717, 1.165) is 18.7 Å². The molecular weight excluding hydrogens is 447 g/mol. The maximum Gasteiger partial charge on any atom is 0.343 e. The highest BCUT2D eigenvalue weighted by Gasteiger charge is 2.20. The number of ether oxygens (including phenoxy) is 1. The lowest BCUT2D eigenvalue weighted by Crippen LogP contribution is -2.15. The molecule has 138 valence electrons. The molecule has 0 aliphatic rings. The van der Waals surface area contributed by atoms with Crippen molar-refractivity contribution in [3.8, 4) is 0 Å². The first-order valence-electron chi connectivity index (χ1n) is 7.74. The molecule has 1 aromatic carbocycles. The smallest absolute Gasteiger partial charge is 0.343 e. The first kappa shape index (κ1) is 21.5. The molecule has 0 saturated heterocycles. The monoisotopic (exact) mass is 467 g/mol. The van der Waals surface area contributed by atoms with Gasteiger partial charge in [-0.2, -0.15) is 0 Å². The van der Waals surface area contributed by atoms with E-state index < -0.39 is 29.4 Å². The number of esters is 1. The fourth-order valence-corrected chi connectivity index (χ4v) is 2.46. The van der Waals surface area contributed by atoms with Crippen LogP contribution < -0.4 is 0 Å². The van der Waals surface area contributed by atoms with Crippen LogP contribution in [0.25, 0.3) is 5.76 Å². The molecule has 8 heteroatoms. The van der Waals surface area contributed by atoms with Crippen molar-refractivity contribution in [1.82, 2.24) is 0 Å². The Hall–Kier alpha value is -1.55. The Labute approximate surface area is 158 Å². The van der Waals surface area contributed by atoms with Crippen molar-refractivity contribution in [2.45, 2.75) is 32.7 Å². The number of nitrogens with zero attached hydrogens (tertiary/aromatic N) is 1. The summed E-state index contributed by atoms with van der Waals surface area (Å²) in [5.74, 6) is -3.39. The number of carbonyl (C=O) groups is 1. The third kappa shape index (κ3) is 6.03. The summed E-state index contributed by atoms with van der Waals surface area (Å²) in [5.41, 5.74) is -0.700. The molecule has 0 fully saturated rings. The van der Waals surface area contributed by atoms with Crippen molar-refractivity contribution < 1.29 is 28.5 Å². The zero-order valence-corrected chi connectivity index (χ0v) is 16.1. The Bertz CT molecular complexity index is 677. The van der Waals surface area contributed by atoms with Crippen LogP contribution in [-0.2, 0) is 9.53 Å². The highest BCUT2D eigenvalue weighted by atomic mass is 127. The lowest BCUT2D eigenvalue weighted by atomic mass is 10.1. The molecule has 1 atom stereocenters. The van der Waals surface area contributed by atoms with Crippen molar-refractivity contribution in [3.05, 3.63) is 38.5 Å². The summed E-state index contributed by atoms with van der Waals surface area (Å²) < 4.78 is 32.3. The van der Waals surface area contributed by atoms with Gasteiger partial charge in [0.2, 0.25) is 0 Å². The summed E-state index contributed by atoms with van der Waals surface area (Å²) in [4.78, 5) is 16.1. The SMILES string of the molecule is CCCC(CO)N=CC(C(=O)OCC)=C(O)c1cc(I)c(F)cc1F. The average Bonchev–Trinajstić information content (AvgIpc) is 2.57. The molecule has 0 aromatic heterocycles. The molecule has 25 heavy (non-hydrogen) atoms. The van der Waals surface area contributed by atoms with Crippen LogP contribution in [0, 0.1) is 15.2 Å². The highest BCUT2D eigenvalue weighted by molar-refractivity contribution is 14.1. The van der Waals surface area contributed by atoms with Gasteiger partial charge in [0, 0.05) is 15.9 Å². The van der Waals surface area contributed by atoms with Crippen LogP contribution in [0.5, 0.6) is 0 Å². The van der Waals surface area contributed by atoms with E-state index in [0.29, 0.717) is 12.5 Å². The fourth-order valence-electron chi connectivity index (χ4n) is 1.99. The molecule has 5 nitrogen and oxygen atoms in total. The van der Waals surface area contributed by atoms with Gasteiger partial charge < -0.3 is 14.9 Å². The molecule has 1 unspecified atom stereocenters. The summed E-state index contributed by atoms with van der Waals surface area (Å²) in [7, 11) is 0. The Morgan fingerprint density at radius 3 is 2.60 bits per heavy atom.